The van der Waals surface area contributed by atoms with E-state index in [9.17, 15) is 0 Å². The maximum absolute atomic E-state index is 6.29. The van der Waals surface area contributed by atoms with Crippen LogP contribution in [0.15, 0.2) is 101 Å². The Bertz CT molecular complexity index is 1430. The molecule has 2 aromatic heterocycles. The van der Waals surface area contributed by atoms with Crippen molar-refractivity contribution < 1.29 is 4.42 Å². The largest absolute Gasteiger partial charge is 0.455 e. The third-order valence-electron chi connectivity index (χ3n) is 4.90. The van der Waals surface area contributed by atoms with Crippen molar-refractivity contribution in [1.29, 1.82) is 0 Å². The third kappa shape index (κ3) is 5.80. The zero-order valence-electron chi connectivity index (χ0n) is 18.7. The van der Waals surface area contributed by atoms with Crippen LogP contribution >= 0.6 is 23.2 Å². The fourth-order valence-corrected chi connectivity index (χ4v) is 3.65. The van der Waals surface area contributed by atoms with Crippen LogP contribution in [0.3, 0.4) is 0 Å². The average molecular weight is 516 g/mol. The molecule has 3 aromatic carbocycles. The number of furan rings is 1. The molecule has 36 heavy (non-hydrogen) atoms. The van der Waals surface area contributed by atoms with E-state index in [1.165, 1.54) is 6.21 Å². The second kappa shape index (κ2) is 10.9. The minimum atomic E-state index is 0.239. The Labute approximate surface area is 217 Å². The van der Waals surface area contributed by atoms with Crippen LogP contribution in [-0.4, -0.2) is 21.2 Å². The number of halogens is 2. The molecule has 0 saturated heterocycles. The Balaban J connectivity index is 1.35. The van der Waals surface area contributed by atoms with Gasteiger partial charge in [0.2, 0.25) is 17.8 Å². The van der Waals surface area contributed by atoms with Crippen LogP contribution in [0.2, 0.25) is 10.0 Å². The number of rotatable bonds is 8. The first kappa shape index (κ1) is 23.3. The molecule has 8 nitrogen and oxygen atoms in total. The first-order valence-corrected chi connectivity index (χ1v) is 11.6. The minimum absolute atomic E-state index is 0.239. The van der Waals surface area contributed by atoms with E-state index < -0.39 is 0 Å². The van der Waals surface area contributed by atoms with Gasteiger partial charge >= 0.3 is 0 Å². The van der Waals surface area contributed by atoms with Gasteiger partial charge in [0.1, 0.15) is 11.5 Å². The molecule has 0 amide bonds. The highest BCUT2D eigenvalue weighted by atomic mass is 35.5. The molecular formula is C26H19Cl2N7O. The predicted molar refractivity (Wildman–Crippen MR) is 145 cm³/mol. The van der Waals surface area contributed by atoms with Crippen molar-refractivity contribution in [3.05, 3.63) is 107 Å². The number of nitrogens with one attached hydrogen (secondary N) is 3. The van der Waals surface area contributed by atoms with Crippen LogP contribution in [-0.2, 0) is 0 Å². The van der Waals surface area contributed by atoms with Crippen LogP contribution in [0.5, 0.6) is 0 Å². The normalized spacial score (nSPS) is 10.9. The SMILES string of the molecule is Clc1cccc(-c2ccc(/C=N\Nc3nc(Nc4ccccc4)nc(Nc4ccccc4)n3)o2)c1Cl. The lowest BCUT2D eigenvalue weighted by atomic mass is 10.2. The molecule has 0 aliphatic carbocycles. The van der Waals surface area contributed by atoms with Crippen LogP contribution in [0.25, 0.3) is 11.3 Å². The summed E-state index contributed by atoms with van der Waals surface area (Å²) in [5.41, 5.74) is 5.21. The molecular weight excluding hydrogens is 497 g/mol. The summed E-state index contributed by atoms with van der Waals surface area (Å²) in [6, 6.07) is 28.2. The second-order valence-electron chi connectivity index (χ2n) is 7.46. The van der Waals surface area contributed by atoms with Gasteiger partial charge < -0.3 is 15.1 Å². The van der Waals surface area contributed by atoms with Gasteiger partial charge in [0.15, 0.2) is 0 Å². The molecule has 0 bridgehead atoms. The van der Waals surface area contributed by atoms with E-state index in [1.54, 1.807) is 18.2 Å². The Morgan fingerprint density at radius 1 is 0.667 bits per heavy atom. The predicted octanol–water partition coefficient (Wildman–Crippen LogP) is 7.37. The molecule has 0 saturated carbocycles. The number of benzene rings is 3. The van der Waals surface area contributed by atoms with Gasteiger partial charge in [-0.05, 0) is 48.5 Å². The Morgan fingerprint density at radius 3 is 1.92 bits per heavy atom. The molecule has 0 unspecified atom stereocenters. The van der Waals surface area contributed by atoms with E-state index in [0.29, 0.717) is 39.0 Å². The Kier molecular flexibility index (Phi) is 7.07. The van der Waals surface area contributed by atoms with Crippen molar-refractivity contribution in [2.24, 2.45) is 5.10 Å². The number of anilines is 5. The fourth-order valence-electron chi connectivity index (χ4n) is 3.25. The van der Waals surface area contributed by atoms with Crippen LogP contribution in [0.4, 0.5) is 29.2 Å². The average Bonchev–Trinajstić information content (AvgIpc) is 3.35. The Morgan fingerprint density at radius 2 is 1.28 bits per heavy atom. The summed E-state index contributed by atoms with van der Waals surface area (Å²) >= 11 is 12.4. The van der Waals surface area contributed by atoms with Gasteiger partial charge in [-0.15, -0.1) is 0 Å². The maximum atomic E-state index is 6.29. The summed E-state index contributed by atoms with van der Waals surface area (Å²) in [5.74, 6) is 2.02. The van der Waals surface area contributed by atoms with Gasteiger partial charge in [-0.1, -0.05) is 65.7 Å². The zero-order chi connectivity index (χ0) is 24.7. The lowest BCUT2D eigenvalue weighted by Gasteiger charge is -2.10. The molecule has 3 N–H and O–H groups in total. The molecule has 5 rings (SSSR count). The van der Waals surface area contributed by atoms with E-state index in [4.69, 9.17) is 27.6 Å². The quantitative estimate of drug-likeness (QED) is 0.146. The van der Waals surface area contributed by atoms with Gasteiger partial charge in [0, 0.05) is 16.9 Å². The molecule has 5 aromatic rings. The number of para-hydroxylation sites is 2. The fraction of sp³-hybridized carbons (Fsp3) is 0. The van der Waals surface area contributed by atoms with E-state index in [1.807, 2.05) is 72.8 Å². The van der Waals surface area contributed by atoms with Crippen molar-refractivity contribution in [1.82, 2.24) is 15.0 Å². The first-order valence-electron chi connectivity index (χ1n) is 10.9. The monoisotopic (exact) mass is 515 g/mol. The maximum Gasteiger partial charge on any atom is 0.250 e. The van der Waals surface area contributed by atoms with Crippen molar-refractivity contribution >= 4 is 58.6 Å². The van der Waals surface area contributed by atoms with Crippen molar-refractivity contribution in [3.63, 3.8) is 0 Å². The van der Waals surface area contributed by atoms with Gasteiger partial charge in [-0.25, -0.2) is 5.43 Å². The lowest BCUT2D eigenvalue weighted by molar-refractivity contribution is 0.575. The standard InChI is InChI=1S/C26H19Cl2N7O/c27-21-13-7-12-20(23(21)28)22-15-14-19(36-22)16-29-35-26-33-24(30-17-8-3-1-4-9-17)32-25(34-26)31-18-10-5-2-6-11-18/h1-16H,(H3,30,31,32,33,34,35)/b29-16-. The molecule has 2 heterocycles. The summed E-state index contributed by atoms with van der Waals surface area (Å²) < 4.78 is 5.84. The number of hydrogen-bond donors (Lipinski definition) is 3. The zero-order valence-corrected chi connectivity index (χ0v) is 20.2. The van der Waals surface area contributed by atoms with Gasteiger partial charge in [0.05, 0.1) is 16.3 Å². The van der Waals surface area contributed by atoms with E-state index in [-0.39, 0.29) is 5.95 Å². The van der Waals surface area contributed by atoms with Gasteiger partial charge in [0.25, 0.3) is 0 Å². The number of nitrogens with zero attached hydrogens (tertiary/aromatic N) is 4. The van der Waals surface area contributed by atoms with Crippen molar-refractivity contribution in [3.8, 4) is 11.3 Å². The smallest absolute Gasteiger partial charge is 0.250 e. The highest BCUT2D eigenvalue weighted by molar-refractivity contribution is 6.43. The summed E-state index contributed by atoms with van der Waals surface area (Å²) in [6.07, 6.45) is 1.51. The van der Waals surface area contributed by atoms with Crippen molar-refractivity contribution in [2.45, 2.75) is 0 Å². The van der Waals surface area contributed by atoms with Gasteiger partial charge in [-0.3, -0.25) is 0 Å². The summed E-state index contributed by atoms with van der Waals surface area (Å²) in [7, 11) is 0. The molecule has 178 valence electrons. The van der Waals surface area contributed by atoms with Crippen LogP contribution < -0.4 is 16.1 Å². The summed E-state index contributed by atoms with van der Waals surface area (Å²) in [6.45, 7) is 0. The molecule has 0 spiro atoms. The number of hydrogen-bond acceptors (Lipinski definition) is 8. The van der Waals surface area contributed by atoms with Gasteiger partial charge in [-0.2, -0.15) is 20.1 Å². The molecule has 0 aliphatic rings. The van der Waals surface area contributed by atoms with Crippen LogP contribution in [0, 0.1) is 0 Å². The molecule has 0 atom stereocenters. The number of hydrazone groups is 1. The summed E-state index contributed by atoms with van der Waals surface area (Å²) in [5, 5.41) is 11.5. The highest BCUT2D eigenvalue weighted by Gasteiger charge is 2.11. The highest BCUT2D eigenvalue weighted by Crippen LogP contribution is 2.34. The van der Waals surface area contributed by atoms with E-state index in [0.717, 1.165) is 11.4 Å². The first-order chi connectivity index (χ1) is 17.6. The molecule has 10 heteroatoms. The van der Waals surface area contributed by atoms with Crippen LogP contribution in [0.1, 0.15) is 5.76 Å². The van der Waals surface area contributed by atoms with Crippen molar-refractivity contribution in [2.75, 3.05) is 16.1 Å². The second-order valence-corrected chi connectivity index (χ2v) is 8.25. The summed E-state index contributed by atoms with van der Waals surface area (Å²) in [4.78, 5) is 13.3. The molecule has 0 fully saturated rings. The minimum Gasteiger partial charge on any atom is -0.455 e. The third-order valence-corrected chi connectivity index (χ3v) is 5.71. The molecule has 0 aliphatic heterocycles. The topological polar surface area (TPSA) is 100 Å². The number of aromatic nitrogens is 3. The molecule has 0 radical (unpaired) electrons. The lowest BCUT2D eigenvalue weighted by Crippen LogP contribution is -2.07. The Hall–Kier alpha value is -4.40. The van der Waals surface area contributed by atoms with E-state index in [2.05, 4.69) is 36.1 Å². The van der Waals surface area contributed by atoms with E-state index >= 15 is 0 Å².